The van der Waals surface area contributed by atoms with Crippen LogP contribution in [0.15, 0.2) is 16.8 Å². The number of imidazole rings is 1. The van der Waals surface area contributed by atoms with Crippen molar-refractivity contribution in [1.82, 2.24) is 24.6 Å². The molecule has 1 saturated heterocycles. The fourth-order valence-electron chi connectivity index (χ4n) is 3.20. The van der Waals surface area contributed by atoms with E-state index in [2.05, 4.69) is 31.7 Å². The molecule has 1 fully saturated rings. The zero-order valence-electron chi connectivity index (χ0n) is 13.5. The zero-order chi connectivity index (χ0) is 15.4. The molecule has 0 saturated carbocycles. The van der Waals surface area contributed by atoms with Gasteiger partial charge >= 0.3 is 0 Å². The summed E-state index contributed by atoms with van der Waals surface area (Å²) >= 11 is 0. The number of likely N-dealkylation sites (tertiary alicyclic amines) is 1. The molecule has 6 nitrogen and oxygen atoms in total. The fourth-order valence-corrected chi connectivity index (χ4v) is 3.20. The van der Waals surface area contributed by atoms with Gasteiger partial charge in [0.25, 0.3) is 0 Å². The first-order valence-corrected chi connectivity index (χ1v) is 8.27. The normalized spacial score (nSPS) is 19.6. The van der Waals surface area contributed by atoms with Gasteiger partial charge in [-0.15, -0.1) is 10.2 Å². The minimum Gasteiger partial charge on any atom is -0.424 e. The summed E-state index contributed by atoms with van der Waals surface area (Å²) in [7, 11) is 2.06. The molecule has 0 N–H and O–H groups in total. The monoisotopic (exact) mass is 303 g/mol. The minimum atomic E-state index is 0.586. The SMILES string of the molecule is CCc1nnc(CN2CCCC[C@H]2CCc2nccn2C)o1. The largest absolute Gasteiger partial charge is 0.424 e. The lowest BCUT2D eigenvalue weighted by molar-refractivity contribution is 0.119. The highest BCUT2D eigenvalue weighted by molar-refractivity contribution is 4.93. The molecule has 3 rings (SSSR count). The Morgan fingerprint density at radius 3 is 2.86 bits per heavy atom. The molecule has 3 heterocycles. The Hall–Kier alpha value is -1.69. The Balaban J connectivity index is 1.59. The Morgan fingerprint density at radius 1 is 1.27 bits per heavy atom. The molecule has 2 aromatic heterocycles. The van der Waals surface area contributed by atoms with E-state index in [0.29, 0.717) is 6.04 Å². The van der Waals surface area contributed by atoms with Gasteiger partial charge < -0.3 is 8.98 Å². The van der Waals surface area contributed by atoms with E-state index in [-0.39, 0.29) is 0 Å². The van der Waals surface area contributed by atoms with Crippen molar-refractivity contribution in [2.45, 2.75) is 58.0 Å². The number of piperidine rings is 1. The summed E-state index contributed by atoms with van der Waals surface area (Å²) in [6.45, 7) is 3.93. The van der Waals surface area contributed by atoms with Gasteiger partial charge in [0, 0.05) is 38.3 Å². The summed E-state index contributed by atoms with van der Waals surface area (Å²) in [6, 6.07) is 0.586. The Kier molecular flexibility index (Phi) is 4.87. The van der Waals surface area contributed by atoms with Crippen LogP contribution in [0.5, 0.6) is 0 Å². The van der Waals surface area contributed by atoms with E-state index in [9.17, 15) is 0 Å². The molecule has 0 radical (unpaired) electrons. The summed E-state index contributed by atoms with van der Waals surface area (Å²) in [4.78, 5) is 6.93. The highest BCUT2D eigenvalue weighted by atomic mass is 16.4. The third kappa shape index (κ3) is 3.55. The van der Waals surface area contributed by atoms with Crippen molar-refractivity contribution in [1.29, 1.82) is 0 Å². The molecule has 1 aliphatic heterocycles. The van der Waals surface area contributed by atoms with Crippen LogP contribution >= 0.6 is 0 Å². The van der Waals surface area contributed by atoms with Crippen molar-refractivity contribution in [2.75, 3.05) is 6.54 Å². The van der Waals surface area contributed by atoms with Crippen molar-refractivity contribution in [2.24, 2.45) is 7.05 Å². The molecule has 0 spiro atoms. The Bertz CT molecular complexity index is 591. The van der Waals surface area contributed by atoms with Gasteiger partial charge in [0.15, 0.2) is 0 Å². The summed E-state index contributed by atoms with van der Waals surface area (Å²) in [5.41, 5.74) is 0. The van der Waals surface area contributed by atoms with Crippen molar-refractivity contribution >= 4 is 0 Å². The Morgan fingerprint density at radius 2 is 2.14 bits per heavy atom. The maximum Gasteiger partial charge on any atom is 0.230 e. The van der Waals surface area contributed by atoms with Gasteiger partial charge in [-0.3, -0.25) is 4.90 Å². The first kappa shape index (κ1) is 15.2. The van der Waals surface area contributed by atoms with E-state index >= 15 is 0 Å². The van der Waals surface area contributed by atoms with Gasteiger partial charge in [0.1, 0.15) is 5.82 Å². The molecule has 0 bridgehead atoms. The second-order valence-corrected chi connectivity index (χ2v) is 6.06. The molecule has 1 aliphatic rings. The van der Waals surface area contributed by atoms with E-state index in [1.54, 1.807) is 0 Å². The van der Waals surface area contributed by atoms with Crippen LogP contribution in [0.2, 0.25) is 0 Å². The highest BCUT2D eigenvalue weighted by Crippen LogP contribution is 2.23. The van der Waals surface area contributed by atoms with Crippen LogP contribution in [-0.2, 0) is 26.4 Å². The standard InChI is InChI=1S/C16H25N5O/c1-3-15-18-19-16(22-15)12-21-10-5-4-6-13(21)7-8-14-17-9-11-20(14)2/h9,11,13H,3-8,10,12H2,1-2H3/t13-/m0/s1. The van der Waals surface area contributed by atoms with Crippen LogP contribution in [0.25, 0.3) is 0 Å². The number of aryl methyl sites for hydroxylation is 3. The maximum absolute atomic E-state index is 5.67. The number of hydrogen-bond acceptors (Lipinski definition) is 5. The molecular formula is C16H25N5O. The predicted molar refractivity (Wildman–Crippen MR) is 83.3 cm³/mol. The van der Waals surface area contributed by atoms with Gasteiger partial charge in [-0.05, 0) is 25.8 Å². The highest BCUT2D eigenvalue weighted by Gasteiger charge is 2.24. The summed E-state index contributed by atoms with van der Waals surface area (Å²) in [5, 5.41) is 8.23. The number of hydrogen-bond donors (Lipinski definition) is 0. The quantitative estimate of drug-likeness (QED) is 0.820. The zero-order valence-corrected chi connectivity index (χ0v) is 13.5. The topological polar surface area (TPSA) is 60.0 Å². The van der Waals surface area contributed by atoms with Crippen LogP contribution < -0.4 is 0 Å². The summed E-state index contributed by atoms with van der Waals surface area (Å²) < 4.78 is 7.78. The lowest BCUT2D eigenvalue weighted by Crippen LogP contribution is -2.39. The number of aromatic nitrogens is 4. The second kappa shape index (κ2) is 7.05. The molecule has 0 amide bonds. The van der Waals surface area contributed by atoms with E-state index in [1.165, 1.54) is 19.3 Å². The lowest BCUT2D eigenvalue weighted by atomic mass is 9.98. The first-order chi connectivity index (χ1) is 10.8. The van der Waals surface area contributed by atoms with Gasteiger partial charge in [-0.1, -0.05) is 13.3 Å². The average Bonchev–Trinajstić information content (AvgIpc) is 3.15. The molecule has 6 heteroatoms. The van der Waals surface area contributed by atoms with Crippen molar-refractivity contribution in [3.8, 4) is 0 Å². The first-order valence-electron chi connectivity index (χ1n) is 8.27. The van der Waals surface area contributed by atoms with Crippen LogP contribution in [0.1, 0.15) is 50.2 Å². The third-order valence-electron chi connectivity index (χ3n) is 4.52. The van der Waals surface area contributed by atoms with Gasteiger partial charge in [-0.25, -0.2) is 4.98 Å². The van der Waals surface area contributed by atoms with Crippen LogP contribution in [0.3, 0.4) is 0 Å². The number of rotatable bonds is 6. The maximum atomic E-state index is 5.67. The van der Waals surface area contributed by atoms with E-state index in [1.807, 2.05) is 19.3 Å². The second-order valence-electron chi connectivity index (χ2n) is 6.06. The van der Waals surface area contributed by atoms with E-state index in [4.69, 9.17) is 4.42 Å². The van der Waals surface area contributed by atoms with Gasteiger partial charge in [0.2, 0.25) is 11.8 Å². The molecule has 0 unspecified atom stereocenters. The molecule has 120 valence electrons. The Labute approximate surface area is 131 Å². The van der Waals surface area contributed by atoms with Crippen LogP contribution in [0.4, 0.5) is 0 Å². The summed E-state index contributed by atoms with van der Waals surface area (Å²) in [5.74, 6) is 2.65. The molecular weight excluding hydrogens is 278 g/mol. The molecule has 0 aromatic carbocycles. The van der Waals surface area contributed by atoms with Crippen molar-refractivity contribution in [3.05, 3.63) is 30.0 Å². The fraction of sp³-hybridized carbons (Fsp3) is 0.688. The van der Waals surface area contributed by atoms with Crippen molar-refractivity contribution in [3.63, 3.8) is 0 Å². The predicted octanol–water partition coefficient (Wildman–Crippen LogP) is 2.35. The third-order valence-corrected chi connectivity index (χ3v) is 4.52. The van der Waals surface area contributed by atoms with Crippen molar-refractivity contribution < 1.29 is 4.42 Å². The minimum absolute atomic E-state index is 0.586. The van der Waals surface area contributed by atoms with Gasteiger partial charge in [0.05, 0.1) is 6.54 Å². The van der Waals surface area contributed by atoms with Crippen LogP contribution in [-0.4, -0.2) is 37.2 Å². The summed E-state index contributed by atoms with van der Waals surface area (Å²) in [6.07, 6.45) is 10.7. The van der Waals surface area contributed by atoms with E-state index < -0.39 is 0 Å². The molecule has 0 aliphatic carbocycles. The molecule has 1 atom stereocenters. The van der Waals surface area contributed by atoms with Crippen LogP contribution in [0, 0.1) is 0 Å². The average molecular weight is 303 g/mol. The van der Waals surface area contributed by atoms with Gasteiger partial charge in [-0.2, -0.15) is 0 Å². The molecule has 22 heavy (non-hydrogen) atoms. The van der Waals surface area contributed by atoms with E-state index in [0.717, 1.165) is 50.0 Å². The molecule has 2 aromatic rings. The number of nitrogens with zero attached hydrogens (tertiary/aromatic N) is 5. The lowest BCUT2D eigenvalue weighted by Gasteiger charge is -2.34. The smallest absolute Gasteiger partial charge is 0.230 e.